The number of hydrogen-bond acceptors (Lipinski definition) is 2. The van der Waals surface area contributed by atoms with E-state index in [0.29, 0.717) is 5.75 Å². The molecule has 6 aromatic carbocycles. The summed E-state index contributed by atoms with van der Waals surface area (Å²) in [4.78, 5) is 0. The van der Waals surface area contributed by atoms with Crippen LogP contribution in [0.5, 0.6) is 11.5 Å². The molecular weight excluding hydrogens is 588 g/mol. The Morgan fingerprint density at radius 1 is 0.486 bits per heavy atom. The van der Waals surface area contributed by atoms with Crippen molar-refractivity contribution in [3.8, 4) is 33.8 Å². The molecule has 1 N–H and O–H groups in total. The molecule has 0 aliphatic heterocycles. The van der Waals surface area contributed by atoms with E-state index in [1.54, 1.807) is 19.2 Å². The van der Waals surface area contributed by atoms with Gasteiger partial charge in [-0.25, -0.2) is 0 Å². The van der Waals surface area contributed by atoms with Gasteiger partial charge in [-0.1, -0.05) is 117 Å². The van der Waals surface area contributed by atoms with Crippen LogP contribution in [0.15, 0.2) is 130 Å². The molecule has 182 valence electrons. The summed E-state index contributed by atoms with van der Waals surface area (Å²) in [5, 5.41) is 14.2. The van der Waals surface area contributed by atoms with Crippen molar-refractivity contribution in [2.24, 2.45) is 0 Å². The number of phenolic OH excluding ortho intramolecular Hbond substituents is 1. The van der Waals surface area contributed by atoms with E-state index in [2.05, 4.69) is 105 Å². The first-order chi connectivity index (χ1) is 18.0. The summed E-state index contributed by atoms with van der Waals surface area (Å²) in [7, 11) is 1.68. The third kappa shape index (κ3) is 5.41. The first kappa shape index (κ1) is 25.1. The maximum absolute atomic E-state index is 9.35. The van der Waals surface area contributed by atoms with Crippen LogP contribution in [0.4, 0.5) is 0 Å². The van der Waals surface area contributed by atoms with Gasteiger partial charge in [0, 0.05) is 8.95 Å². The van der Waals surface area contributed by atoms with Crippen LogP contribution in [0.25, 0.3) is 43.8 Å². The minimum atomic E-state index is 0.292. The van der Waals surface area contributed by atoms with Crippen LogP contribution in [-0.4, -0.2) is 12.2 Å². The van der Waals surface area contributed by atoms with Crippen molar-refractivity contribution < 1.29 is 9.84 Å². The van der Waals surface area contributed by atoms with Crippen molar-refractivity contribution in [1.82, 2.24) is 0 Å². The van der Waals surface area contributed by atoms with Gasteiger partial charge in [-0.15, -0.1) is 0 Å². The lowest BCUT2D eigenvalue weighted by Crippen LogP contribution is -1.84. The van der Waals surface area contributed by atoms with Crippen molar-refractivity contribution >= 4 is 53.4 Å². The second kappa shape index (κ2) is 11.2. The summed E-state index contributed by atoms with van der Waals surface area (Å²) in [5.41, 5.74) is 4.72. The zero-order valence-corrected chi connectivity index (χ0v) is 23.3. The second-order valence-electron chi connectivity index (χ2n) is 8.56. The molecule has 0 unspecified atom stereocenters. The number of benzene rings is 6. The number of rotatable bonds is 3. The van der Waals surface area contributed by atoms with Gasteiger partial charge in [-0.2, -0.15) is 0 Å². The van der Waals surface area contributed by atoms with Crippen LogP contribution >= 0.6 is 31.9 Å². The van der Waals surface area contributed by atoms with Crippen LogP contribution < -0.4 is 4.74 Å². The molecule has 0 heterocycles. The van der Waals surface area contributed by atoms with E-state index in [-0.39, 0.29) is 0 Å². The lowest BCUT2D eigenvalue weighted by Gasteiger charge is -2.09. The van der Waals surface area contributed by atoms with Crippen LogP contribution in [0.2, 0.25) is 0 Å². The van der Waals surface area contributed by atoms with Crippen molar-refractivity contribution in [3.05, 3.63) is 130 Å². The van der Waals surface area contributed by atoms with Crippen LogP contribution in [0, 0.1) is 0 Å². The van der Waals surface area contributed by atoms with E-state index in [0.717, 1.165) is 20.3 Å². The Morgan fingerprint density at radius 3 is 1.32 bits per heavy atom. The van der Waals surface area contributed by atoms with Crippen LogP contribution in [-0.2, 0) is 0 Å². The molecule has 0 aliphatic rings. The molecule has 0 radical (unpaired) electrons. The highest BCUT2D eigenvalue weighted by Crippen LogP contribution is 2.35. The SMILES string of the molecule is COc1ccc(-c2ccc(Br)c3ccccc23)cc1.Oc1ccc(-c2ccc(Br)c3ccccc23)cc1. The van der Waals surface area contributed by atoms with E-state index in [1.165, 1.54) is 38.2 Å². The van der Waals surface area contributed by atoms with E-state index >= 15 is 0 Å². The molecule has 0 amide bonds. The molecule has 0 fully saturated rings. The summed E-state index contributed by atoms with van der Waals surface area (Å²) in [6, 6.07) is 40.6. The zero-order chi connectivity index (χ0) is 25.8. The monoisotopic (exact) mass is 610 g/mol. The predicted octanol–water partition coefficient (Wildman–Crippen LogP) is 10.3. The molecule has 37 heavy (non-hydrogen) atoms. The largest absolute Gasteiger partial charge is 0.508 e. The topological polar surface area (TPSA) is 29.5 Å². The Hall–Kier alpha value is -3.60. The lowest BCUT2D eigenvalue weighted by molar-refractivity contribution is 0.415. The molecule has 0 aliphatic carbocycles. The standard InChI is InChI=1S/C17H13BrO.C16H11BrO/c1-19-13-8-6-12(7-9-13)14-10-11-17(18)16-5-3-2-4-15(14)16;17-16-10-9-13(11-5-7-12(18)8-6-11)14-3-1-2-4-15(14)16/h2-11H,1H3;1-10,18H. The molecule has 2 nitrogen and oxygen atoms in total. The molecule has 0 bridgehead atoms. The third-order valence-corrected chi connectivity index (χ3v) is 7.70. The van der Waals surface area contributed by atoms with Crippen molar-refractivity contribution in [3.63, 3.8) is 0 Å². The maximum Gasteiger partial charge on any atom is 0.118 e. The highest BCUT2D eigenvalue weighted by molar-refractivity contribution is 9.11. The fourth-order valence-corrected chi connectivity index (χ4v) is 5.40. The molecule has 0 spiro atoms. The van der Waals surface area contributed by atoms with Gasteiger partial charge in [-0.05, 0) is 80.2 Å². The number of hydrogen-bond donors (Lipinski definition) is 1. The zero-order valence-electron chi connectivity index (χ0n) is 20.2. The Kier molecular flexibility index (Phi) is 7.59. The van der Waals surface area contributed by atoms with Crippen LogP contribution in [0.1, 0.15) is 0 Å². The first-order valence-corrected chi connectivity index (χ1v) is 13.4. The van der Waals surface area contributed by atoms with Gasteiger partial charge in [0.1, 0.15) is 11.5 Å². The number of halogens is 2. The molecule has 6 rings (SSSR count). The number of methoxy groups -OCH3 is 1. The number of fused-ring (bicyclic) bond motifs is 2. The molecule has 0 atom stereocenters. The fraction of sp³-hybridized carbons (Fsp3) is 0.0303. The van der Waals surface area contributed by atoms with E-state index in [1.807, 2.05) is 36.4 Å². The normalized spacial score (nSPS) is 10.7. The maximum atomic E-state index is 9.35. The Labute approximate surface area is 233 Å². The quantitative estimate of drug-likeness (QED) is 0.216. The summed E-state index contributed by atoms with van der Waals surface area (Å²) < 4.78 is 7.43. The third-order valence-electron chi connectivity index (χ3n) is 6.32. The van der Waals surface area contributed by atoms with Gasteiger partial charge < -0.3 is 9.84 Å². The number of ether oxygens (including phenoxy) is 1. The highest BCUT2D eigenvalue weighted by atomic mass is 79.9. The van der Waals surface area contributed by atoms with Gasteiger partial charge >= 0.3 is 0 Å². The van der Waals surface area contributed by atoms with Gasteiger partial charge in [0.25, 0.3) is 0 Å². The minimum absolute atomic E-state index is 0.292. The summed E-state index contributed by atoms with van der Waals surface area (Å²) in [6.07, 6.45) is 0. The van der Waals surface area contributed by atoms with Gasteiger partial charge in [0.2, 0.25) is 0 Å². The smallest absolute Gasteiger partial charge is 0.118 e. The second-order valence-corrected chi connectivity index (χ2v) is 10.3. The van der Waals surface area contributed by atoms with Crippen molar-refractivity contribution in [2.45, 2.75) is 0 Å². The van der Waals surface area contributed by atoms with E-state index in [9.17, 15) is 5.11 Å². The average Bonchev–Trinajstić information content (AvgIpc) is 2.95. The Balaban J connectivity index is 0.000000152. The van der Waals surface area contributed by atoms with E-state index < -0.39 is 0 Å². The number of phenols is 1. The number of aromatic hydroxyl groups is 1. The minimum Gasteiger partial charge on any atom is -0.508 e. The average molecular weight is 612 g/mol. The van der Waals surface area contributed by atoms with E-state index in [4.69, 9.17) is 4.74 Å². The summed E-state index contributed by atoms with van der Waals surface area (Å²) in [6.45, 7) is 0. The van der Waals surface area contributed by atoms with Crippen LogP contribution in [0.3, 0.4) is 0 Å². The molecule has 0 saturated heterocycles. The predicted molar refractivity (Wildman–Crippen MR) is 162 cm³/mol. The molecule has 6 aromatic rings. The molecular formula is C33H24Br2O2. The Bertz CT molecular complexity index is 1670. The Morgan fingerprint density at radius 2 is 0.892 bits per heavy atom. The highest BCUT2D eigenvalue weighted by Gasteiger charge is 2.07. The van der Waals surface area contributed by atoms with Gasteiger partial charge in [0.15, 0.2) is 0 Å². The fourth-order valence-electron chi connectivity index (χ4n) is 4.44. The van der Waals surface area contributed by atoms with Gasteiger partial charge in [-0.3, -0.25) is 0 Å². The van der Waals surface area contributed by atoms with Crippen molar-refractivity contribution in [1.29, 1.82) is 0 Å². The first-order valence-electron chi connectivity index (χ1n) is 11.8. The van der Waals surface area contributed by atoms with Crippen molar-refractivity contribution in [2.75, 3.05) is 7.11 Å². The summed E-state index contributed by atoms with van der Waals surface area (Å²) >= 11 is 7.18. The van der Waals surface area contributed by atoms with Gasteiger partial charge in [0.05, 0.1) is 7.11 Å². The molecule has 0 saturated carbocycles. The molecule has 4 heteroatoms. The molecule has 0 aromatic heterocycles. The lowest BCUT2D eigenvalue weighted by atomic mass is 9.98. The summed E-state index contributed by atoms with van der Waals surface area (Å²) in [5.74, 6) is 1.17.